The molecule has 0 aliphatic carbocycles. The second-order valence-electron chi connectivity index (χ2n) is 3.77. The average Bonchev–Trinajstić information content (AvgIpc) is 2.65. The van der Waals surface area contributed by atoms with Crippen molar-refractivity contribution < 1.29 is 14.7 Å². The van der Waals surface area contributed by atoms with Gasteiger partial charge >= 0.3 is 5.97 Å². The SMILES string of the molecule is CN(C)CC(=O)NCCc1nc(C(=O)O)cs1. The van der Waals surface area contributed by atoms with Crippen molar-refractivity contribution in [3.63, 3.8) is 0 Å². The number of hydrogen-bond acceptors (Lipinski definition) is 5. The van der Waals surface area contributed by atoms with Gasteiger partial charge in [0.05, 0.1) is 11.6 Å². The van der Waals surface area contributed by atoms with E-state index in [2.05, 4.69) is 10.3 Å². The van der Waals surface area contributed by atoms with Crippen LogP contribution in [-0.4, -0.2) is 54.1 Å². The number of thiazole rings is 1. The van der Waals surface area contributed by atoms with Crippen molar-refractivity contribution >= 4 is 23.2 Å². The predicted octanol–water partition coefficient (Wildman–Crippen LogP) is 0.0616. The van der Waals surface area contributed by atoms with Crippen molar-refractivity contribution in [3.05, 3.63) is 16.1 Å². The Hall–Kier alpha value is -1.47. The van der Waals surface area contributed by atoms with Crippen molar-refractivity contribution in [1.82, 2.24) is 15.2 Å². The first-order valence-electron chi connectivity index (χ1n) is 5.08. The maximum Gasteiger partial charge on any atom is 0.355 e. The molecule has 0 aliphatic heterocycles. The van der Waals surface area contributed by atoms with Crippen LogP contribution in [0, 0.1) is 0 Å². The first-order valence-corrected chi connectivity index (χ1v) is 5.96. The molecule has 1 rings (SSSR count). The van der Waals surface area contributed by atoms with Crippen molar-refractivity contribution in [2.75, 3.05) is 27.2 Å². The van der Waals surface area contributed by atoms with E-state index in [9.17, 15) is 9.59 Å². The Morgan fingerprint density at radius 1 is 1.53 bits per heavy atom. The van der Waals surface area contributed by atoms with E-state index in [1.54, 1.807) is 4.90 Å². The van der Waals surface area contributed by atoms with Crippen molar-refractivity contribution in [3.8, 4) is 0 Å². The number of aromatic carboxylic acids is 1. The van der Waals surface area contributed by atoms with Crippen LogP contribution in [-0.2, 0) is 11.2 Å². The first kappa shape index (κ1) is 13.6. The van der Waals surface area contributed by atoms with Crippen molar-refractivity contribution in [1.29, 1.82) is 0 Å². The molecule has 0 radical (unpaired) electrons. The Balaban J connectivity index is 2.31. The zero-order valence-corrected chi connectivity index (χ0v) is 10.6. The third-order valence-corrected chi connectivity index (χ3v) is 2.80. The molecule has 1 aromatic heterocycles. The zero-order chi connectivity index (χ0) is 12.8. The highest BCUT2D eigenvalue weighted by atomic mass is 32.1. The fourth-order valence-electron chi connectivity index (χ4n) is 1.18. The molecule has 0 bridgehead atoms. The normalized spacial score (nSPS) is 10.5. The standard InChI is InChI=1S/C10H15N3O3S/c1-13(2)5-8(14)11-4-3-9-12-7(6-17-9)10(15)16/h6H,3-5H2,1-2H3,(H,11,14)(H,15,16). The van der Waals surface area contributed by atoms with Crippen LogP contribution in [0.4, 0.5) is 0 Å². The Kier molecular flexibility index (Phi) is 5.05. The third kappa shape index (κ3) is 4.92. The third-order valence-electron chi connectivity index (χ3n) is 1.89. The summed E-state index contributed by atoms with van der Waals surface area (Å²) in [6.45, 7) is 0.817. The molecule has 0 spiro atoms. The van der Waals surface area contributed by atoms with E-state index >= 15 is 0 Å². The number of carbonyl (C=O) groups excluding carboxylic acids is 1. The van der Waals surface area contributed by atoms with E-state index in [0.717, 1.165) is 0 Å². The quantitative estimate of drug-likeness (QED) is 0.753. The highest BCUT2D eigenvalue weighted by Crippen LogP contribution is 2.09. The molecule has 7 heteroatoms. The molecule has 0 unspecified atom stereocenters. The summed E-state index contributed by atoms with van der Waals surface area (Å²) in [5.74, 6) is -1.07. The molecular formula is C10H15N3O3S. The van der Waals surface area contributed by atoms with E-state index in [1.165, 1.54) is 16.7 Å². The number of likely N-dealkylation sites (N-methyl/N-ethyl adjacent to an activating group) is 1. The molecular weight excluding hydrogens is 242 g/mol. The number of amides is 1. The lowest BCUT2D eigenvalue weighted by Gasteiger charge is -2.09. The summed E-state index contributed by atoms with van der Waals surface area (Å²) in [5.41, 5.74) is 0.0598. The fourth-order valence-corrected chi connectivity index (χ4v) is 1.95. The molecule has 0 saturated carbocycles. The molecule has 0 saturated heterocycles. The Labute approximate surface area is 103 Å². The average molecular weight is 257 g/mol. The van der Waals surface area contributed by atoms with Crippen LogP contribution in [0.2, 0.25) is 0 Å². The van der Waals surface area contributed by atoms with E-state index in [0.29, 0.717) is 24.5 Å². The van der Waals surface area contributed by atoms with Crippen molar-refractivity contribution in [2.24, 2.45) is 0 Å². The summed E-state index contributed by atoms with van der Waals surface area (Å²) in [4.78, 5) is 27.6. The lowest BCUT2D eigenvalue weighted by molar-refractivity contribution is -0.121. The smallest absolute Gasteiger partial charge is 0.355 e. The van der Waals surface area contributed by atoms with Crippen LogP contribution < -0.4 is 5.32 Å². The van der Waals surface area contributed by atoms with E-state index in [4.69, 9.17) is 5.11 Å². The van der Waals surface area contributed by atoms with E-state index in [-0.39, 0.29) is 11.6 Å². The summed E-state index contributed by atoms with van der Waals surface area (Å²) in [5, 5.41) is 13.6. The van der Waals surface area contributed by atoms with Crippen LogP contribution in [0.15, 0.2) is 5.38 Å². The molecule has 1 amide bonds. The molecule has 2 N–H and O–H groups in total. The fraction of sp³-hybridized carbons (Fsp3) is 0.500. The first-order chi connectivity index (χ1) is 7.99. The monoisotopic (exact) mass is 257 g/mol. The number of nitrogens with one attached hydrogen (secondary N) is 1. The lowest BCUT2D eigenvalue weighted by atomic mass is 10.4. The highest BCUT2D eigenvalue weighted by molar-refractivity contribution is 7.09. The summed E-state index contributed by atoms with van der Waals surface area (Å²) in [6.07, 6.45) is 0.553. The van der Waals surface area contributed by atoms with Gasteiger partial charge in [0, 0.05) is 18.3 Å². The summed E-state index contributed by atoms with van der Waals surface area (Å²) in [6, 6.07) is 0. The maximum absolute atomic E-state index is 11.3. The van der Waals surface area contributed by atoms with Crippen LogP contribution >= 0.6 is 11.3 Å². The highest BCUT2D eigenvalue weighted by Gasteiger charge is 2.08. The Morgan fingerprint density at radius 3 is 2.76 bits per heavy atom. The molecule has 1 aromatic rings. The minimum absolute atomic E-state index is 0.0509. The molecule has 6 nitrogen and oxygen atoms in total. The molecule has 0 fully saturated rings. The topological polar surface area (TPSA) is 82.5 Å². The molecule has 0 aromatic carbocycles. The summed E-state index contributed by atoms with van der Waals surface area (Å²) in [7, 11) is 3.64. The van der Waals surface area contributed by atoms with E-state index < -0.39 is 5.97 Å². The number of aromatic nitrogens is 1. The predicted molar refractivity (Wildman–Crippen MR) is 64.3 cm³/mol. The van der Waals surface area contributed by atoms with Gasteiger partial charge in [-0.15, -0.1) is 11.3 Å². The molecule has 94 valence electrons. The minimum atomic E-state index is -1.02. The van der Waals surface area contributed by atoms with Gasteiger partial charge < -0.3 is 15.3 Å². The van der Waals surface area contributed by atoms with Crippen LogP contribution in [0.25, 0.3) is 0 Å². The maximum atomic E-state index is 11.3. The van der Waals surface area contributed by atoms with Gasteiger partial charge in [0.15, 0.2) is 5.69 Å². The molecule has 0 atom stereocenters. The van der Waals surface area contributed by atoms with Gasteiger partial charge in [-0.05, 0) is 14.1 Å². The lowest BCUT2D eigenvalue weighted by Crippen LogP contribution is -2.34. The van der Waals surface area contributed by atoms with Gasteiger partial charge in [0.25, 0.3) is 0 Å². The van der Waals surface area contributed by atoms with Crippen LogP contribution in [0.5, 0.6) is 0 Å². The van der Waals surface area contributed by atoms with Crippen LogP contribution in [0.1, 0.15) is 15.5 Å². The number of rotatable bonds is 6. The number of nitrogens with zero attached hydrogens (tertiary/aromatic N) is 2. The Morgan fingerprint density at radius 2 is 2.24 bits per heavy atom. The van der Waals surface area contributed by atoms with Gasteiger partial charge in [0.2, 0.25) is 5.91 Å². The molecule has 0 aliphatic rings. The zero-order valence-electron chi connectivity index (χ0n) is 9.77. The van der Waals surface area contributed by atoms with E-state index in [1.807, 2.05) is 14.1 Å². The number of hydrogen-bond donors (Lipinski definition) is 2. The minimum Gasteiger partial charge on any atom is -0.476 e. The number of carboxylic acids is 1. The van der Waals surface area contributed by atoms with Gasteiger partial charge in [-0.25, -0.2) is 9.78 Å². The largest absolute Gasteiger partial charge is 0.476 e. The van der Waals surface area contributed by atoms with Gasteiger partial charge in [-0.3, -0.25) is 4.79 Å². The van der Waals surface area contributed by atoms with Gasteiger partial charge in [-0.1, -0.05) is 0 Å². The molecule has 1 heterocycles. The van der Waals surface area contributed by atoms with Crippen molar-refractivity contribution in [2.45, 2.75) is 6.42 Å². The van der Waals surface area contributed by atoms with Crippen LogP contribution in [0.3, 0.4) is 0 Å². The number of carboxylic acid groups (broad SMARTS) is 1. The second-order valence-corrected chi connectivity index (χ2v) is 4.71. The summed E-state index contributed by atoms with van der Waals surface area (Å²) >= 11 is 1.29. The second kappa shape index (κ2) is 6.31. The summed E-state index contributed by atoms with van der Waals surface area (Å²) < 4.78 is 0. The Bertz CT molecular complexity index is 403. The van der Waals surface area contributed by atoms with Gasteiger partial charge in [0.1, 0.15) is 0 Å². The molecule has 17 heavy (non-hydrogen) atoms. The number of carbonyl (C=O) groups is 2. The van der Waals surface area contributed by atoms with Gasteiger partial charge in [-0.2, -0.15) is 0 Å².